The lowest BCUT2D eigenvalue weighted by atomic mass is 10.0. The van der Waals surface area contributed by atoms with Crippen LogP contribution in [0.25, 0.3) is 10.1 Å². The Bertz CT molecular complexity index is 472. The Hall–Kier alpha value is -0.860. The Morgan fingerprint density at radius 3 is 3.14 bits per heavy atom. The van der Waals surface area contributed by atoms with Gasteiger partial charge in [-0.3, -0.25) is 0 Å². The van der Waals surface area contributed by atoms with Gasteiger partial charge in [0.2, 0.25) is 0 Å². The second-order valence-electron chi connectivity index (χ2n) is 3.99. The standard InChI is InChI=1S/C12H13NS/c1-8-6-10-9-4-2-3-5-11(9)14-12(10)7-13-8/h2-5,8,13H,6-7H2,1H3. The van der Waals surface area contributed by atoms with Crippen LogP contribution in [0.3, 0.4) is 0 Å². The average molecular weight is 203 g/mol. The predicted octanol–water partition coefficient (Wildman–Crippen LogP) is 2.94. The van der Waals surface area contributed by atoms with Crippen LogP contribution in [0, 0.1) is 0 Å². The van der Waals surface area contributed by atoms with Crippen LogP contribution in [-0.4, -0.2) is 6.04 Å². The Morgan fingerprint density at radius 2 is 2.21 bits per heavy atom. The molecule has 1 N–H and O–H groups in total. The van der Waals surface area contributed by atoms with E-state index in [1.165, 1.54) is 21.4 Å². The molecule has 2 heteroatoms. The molecule has 1 unspecified atom stereocenters. The van der Waals surface area contributed by atoms with Crippen molar-refractivity contribution in [3.63, 3.8) is 0 Å². The monoisotopic (exact) mass is 203 g/mol. The number of benzene rings is 1. The molecule has 14 heavy (non-hydrogen) atoms. The minimum absolute atomic E-state index is 0.625. The molecule has 0 fully saturated rings. The number of rotatable bonds is 0. The Kier molecular flexibility index (Phi) is 1.85. The summed E-state index contributed by atoms with van der Waals surface area (Å²) in [6.45, 7) is 3.31. The van der Waals surface area contributed by atoms with E-state index in [2.05, 4.69) is 36.5 Å². The lowest BCUT2D eigenvalue weighted by molar-refractivity contribution is 0.522. The van der Waals surface area contributed by atoms with Crippen molar-refractivity contribution in [1.82, 2.24) is 5.32 Å². The van der Waals surface area contributed by atoms with Crippen molar-refractivity contribution in [1.29, 1.82) is 0 Å². The molecule has 1 aliphatic rings. The molecule has 0 amide bonds. The van der Waals surface area contributed by atoms with Gasteiger partial charge >= 0.3 is 0 Å². The second-order valence-corrected chi connectivity index (χ2v) is 5.12. The van der Waals surface area contributed by atoms with Crippen LogP contribution >= 0.6 is 11.3 Å². The zero-order valence-electron chi connectivity index (χ0n) is 8.21. The van der Waals surface area contributed by atoms with E-state index < -0.39 is 0 Å². The van der Waals surface area contributed by atoms with Gasteiger partial charge in [-0.25, -0.2) is 0 Å². The summed E-state index contributed by atoms with van der Waals surface area (Å²) in [5.74, 6) is 0. The van der Waals surface area contributed by atoms with E-state index in [-0.39, 0.29) is 0 Å². The average Bonchev–Trinajstić information content (AvgIpc) is 2.56. The first-order valence-electron chi connectivity index (χ1n) is 5.07. The summed E-state index contributed by atoms with van der Waals surface area (Å²) in [6, 6.07) is 9.37. The van der Waals surface area contributed by atoms with Gasteiger partial charge in [0, 0.05) is 22.2 Å². The molecule has 0 saturated heterocycles. The first kappa shape index (κ1) is 8.45. The SMILES string of the molecule is CC1Cc2c(sc3ccccc23)CN1. The van der Waals surface area contributed by atoms with Crippen molar-refractivity contribution in [2.45, 2.75) is 25.9 Å². The van der Waals surface area contributed by atoms with Crippen LogP contribution in [0.4, 0.5) is 0 Å². The number of hydrogen-bond donors (Lipinski definition) is 1. The molecule has 0 aliphatic carbocycles. The zero-order chi connectivity index (χ0) is 9.54. The summed E-state index contributed by atoms with van der Waals surface area (Å²) in [4.78, 5) is 1.53. The molecule has 1 aromatic carbocycles. The highest BCUT2D eigenvalue weighted by Crippen LogP contribution is 2.33. The Balaban J connectivity index is 2.25. The van der Waals surface area contributed by atoms with Gasteiger partial charge in [0.1, 0.15) is 0 Å². The molecule has 1 atom stereocenters. The lowest BCUT2D eigenvalue weighted by Gasteiger charge is -2.20. The van der Waals surface area contributed by atoms with E-state index in [1.54, 1.807) is 5.56 Å². The molecule has 3 rings (SSSR count). The Morgan fingerprint density at radius 1 is 1.36 bits per heavy atom. The Labute approximate surface area is 87.8 Å². The maximum Gasteiger partial charge on any atom is 0.0349 e. The highest BCUT2D eigenvalue weighted by Gasteiger charge is 2.18. The first-order chi connectivity index (χ1) is 6.84. The zero-order valence-corrected chi connectivity index (χ0v) is 9.03. The second kappa shape index (κ2) is 3.07. The van der Waals surface area contributed by atoms with Crippen molar-refractivity contribution < 1.29 is 0 Å². The van der Waals surface area contributed by atoms with Crippen LogP contribution in [0.2, 0.25) is 0 Å². The van der Waals surface area contributed by atoms with Crippen LogP contribution in [0.5, 0.6) is 0 Å². The summed E-state index contributed by atoms with van der Waals surface area (Å²) in [7, 11) is 0. The van der Waals surface area contributed by atoms with E-state index in [4.69, 9.17) is 0 Å². The number of nitrogens with one attached hydrogen (secondary N) is 1. The van der Waals surface area contributed by atoms with E-state index in [0.29, 0.717) is 6.04 Å². The fourth-order valence-corrected chi connectivity index (χ4v) is 3.35. The molecule has 0 spiro atoms. The van der Waals surface area contributed by atoms with Crippen molar-refractivity contribution in [3.8, 4) is 0 Å². The summed E-state index contributed by atoms with van der Waals surface area (Å²) in [6.07, 6.45) is 1.18. The molecule has 72 valence electrons. The van der Waals surface area contributed by atoms with Crippen LogP contribution in [-0.2, 0) is 13.0 Å². The summed E-state index contributed by atoms with van der Waals surface area (Å²) < 4.78 is 1.44. The van der Waals surface area contributed by atoms with Crippen LogP contribution < -0.4 is 5.32 Å². The molecule has 2 heterocycles. The van der Waals surface area contributed by atoms with E-state index in [1.807, 2.05) is 11.3 Å². The largest absolute Gasteiger partial charge is 0.309 e. The topological polar surface area (TPSA) is 12.0 Å². The van der Waals surface area contributed by atoms with E-state index in [0.717, 1.165) is 6.54 Å². The quantitative estimate of drug-likeness (QED) is 0.694. The molecule has 1 aromatic heterocycles. The third kappa shape index (κ3) is 1.18. The fraction of sp³-hybridized carbons (Fsp3) is 0.333. The first-order valence-corrected chi connectivity index (χ1v) is 5.89. The lowest BCUT2D eigenvalue weighted by Crippen LogP contribution is -2.31. The third-order valence-corrected chi connectivity index (χ3v) is 4.12. The number of fused-ring (bicyclic) bond motifs is 3. The number of thiophene rings is 1. The van der Waals surface area contributed by atoms with E-state index in [9.17, 15) is 0 Å². The van der Waals surface area contributed by atoms with Gasteiger partial charge in [-0.1, -0.05) is 18.2 Å². The van der Waals surface area contributed by atoms with Gasteiger partial charge in [-0.2, -0.15) is 0 Å². The van der Waals surface area contributed by atoms with Gasteiger partial charge in [0.15, 0.2) is 0 Å². The van der Waals surface area contributed by atoms with Crippen molar-refractivity contribution >= 4 is 21.4 Å². The van der Waals surface area contributed by atoms with Gasteiger partial charge in [-0.15, -0.1) is 11.3 Å². The molecular formula is C12H13NS. The maximum atomic E-state index is 3.51. The minimum atomic E-state index is 0.625. The summed E-state index contributed by atoms with van der Waals surface area (Å²) in [5.41, 5.74) is 1.58. The molecule has 2 aromatic rings. The molecule has 0 saturated carbocycles. The van der Waals surface area contributed by atoms with Crippen LogP contribution in [0.1, 0.15) is 17.4 Å². The van der Waals surface area contributed by atoms with E-state index >= 15 is 0 Å². The molecule has 0 radical (unpaired) electrons. The highest BCUT2D eigenvalue weighted by atomic mass is 32.1. The number of hydrogen-bond acceptors (Lipinski definition) is 2. The maximum absolute atomic E-state index is 3.51. The molecule has 0 bridgehead atoms. The molecule has 1 nitrogen and oxygen atoms in total. The minimum Gasteiger partial charge on any atom is -0.309 e. The summed E-state index contributed by atoms with van der Waals surface area (Å²) in [5, 5.41) is 4.98. The summed E-state index contributed by atoms with van der Waals surface area (Å²) >= 11 is 1.94. The molecular weight excluding hydrogens is 190 g/mol. The van der Waals surface area contributed by atoms with Gasteiger partial charge in [-0.05, 0) is 30.4 Å². The normalized spacial score (nSPS) is 21.1. The predicted molar refractivity (Wildman–Crippen MR) is 61.8 cm³/mol. The fourth-order valence-electron chi connectivity index (χ4n) is 2.16. The van der Waals surface area contributed by atoms with Gasteiger partial charge in [0.25, 0.3) is 0 Å². The van der Waals surface area contributed by atoms with Crippen molar-refractivity contribution in [2.24, 2.45) is 0 Å². The highest BCUT2D eigenvalue weighted by molar-refractivity contribution is 7.19. The molecule has 1 aliphatic heterocycles. The van der Waals surface area contributed by atoms with Crippen molar-refractivity contribution in [2.75, 3.05) is 0 Å². The van der Waals surface area contributed by atoms with Crippen LogP contribution in [0.15, 0.2) is 24.3 Å². The van der Waals surface area contributed by atoms with Gasteiger partial charge < -0.3 is 5.32 Å². The smallest absolute Gasteiger partial charge is 0.0349 e. The third-order valence-electron chi connectivity index (χ3n) is 2.90. The van der Waals surface area contributed by atoms with Gasteiger partial charge in [0.05, 0.1) is 0 Å². The van der Waals surface area contributed by atoms with Crippen molar-refractivity contribution in [3.05, 3.63) is 34.7 Å².